The Morgan fingerprint density at radius 2 is 1.94 bits per heavy atom. The van der Waals surface area contributed by atoms with Crippen LogP contribution in [0.1, 0.15) is 27.2 Å². The van der Waals surface area contributed by atoms with E-state index in [-0.39, 0.29) is 11.4 Å². The quantitative estimate of drug-likeness (QED) is 0.430. The van der Waals surface area contributed by atoms with Crippen molar-refractivity contribution in [1.82, 2.24) is 0 Å². The predicted molar refractivity (Wildman–Crippen MR) is 75.3 cm³/mol. The Labute approximate surface area is 111 Å². The zero-order valence-corrected chi connectivity index (χ0v) is 12.2. The molecule has 0 aromatic heterocycles. The SMILES string of the molecule is CCC(C)(C)C(=O)OCCPOc1ccccc1. The summed E-state index contributed by atoms with van der Waals surface area (Å²) in [7, 11) is 0.316. The lowest BCUT2D eigenvalue weighted by Crippen LogP contribution is -2.26. The lowest BCUT2D eigenvalue weighted by molar-refractivity contribution is -0.153. The van der Waals surface area contributed by atoms with Crippen LogP contribution in [-0.4, -0.2) is 18.7 Å². The van der Waals surface area contributed by atoms with Gasteiger partial charge in [-0.05, 0) is 32.4 Å². The van der Waals surface area contributed by atoms with Crippen molar-refractivity contribution >= 4 is 14.8 Å². The van der Waals surface area contributed by atoms with E-state index < -0.39 is 0 Å². The van der Waals surface area contributed by atoms with Gasteiger partial charge >= 0.3 is 5.97 Å². The third-order valence-corrected chi connectivity index (χ3v) is 3.60. The molecular weight excluding hydrogens is 247 g/mol. The molecule has 3 nitrogen and oxygen atoms in total. The second kappa shape index (κ2) is 7.38. The lowest BCUT2D eigenvalue weighted by Gasteiger charge is -2.20. The average Bonchev–Trinajstić information content (AvgIpc) is 2.39. The number of esters is 1. The number of ether oxygens (including phenoxy) is 1. The van der Waals surface area contributed by atoms with Gasteiger partial charge in [-0.3, -0.25) is 4.79 Å². The third kappa shape index (κ3) is 5.05. The minimum absolute atomic E-state index is 0.130. The first kappa shape index (κ1) is 15.0. The van der Waals surface area contributed by atoms with Crippen LogP contribution in [0.15, 0.2) is 30.3 Å². The van der Waals surface area contributed by atoms with Crippen LogP contribution in [0.3, 0.4) is 0 Å². The highest BCUT2D eigenvalue weighted by Crippen LogP contribution is 2.23. The van der Waals surface area contributed by atoms with Gasteiger partial charge in [0.25, 0.3) is 0 Å². The van der Waals surface area contributed by atoms with Gasteiger partial charge in [-0.25, -0.2) is 0 Å². The lowest BCUT2D eigenvalue weighted by atomic mass is 9.91. The highest BCUT2D eigenvalue weighted by atomic mass is 31.1. The average molecular weight is 268 g/mol. The maximum atomic E-state index is 11.7. The van der Waals surface area contributed by atoms with Crippen molar-refractivity contribution in [2.24, 2.45) is 5.41 Å². The molecule has 1 atom stereocenters. The monoisotopic (exact) mass is 268 g/mol. The zero-order valence-electron chi connectivity index (χ0n) is 11.2. The normalized spacial score (nSPS) is 11.7. The highest BCUT2D eigenvalue weighted by Gasteiger charge is 2.26. The zero-order chi connectivity index (χ0) is 13.4. The van der Waals surface area contributed by atoms with E-state index in [4.69, 9.17) is 9.26 Å². The molecule has 1 aromatic carbocycles. The summed E-state index contributed by atoms with van der Waals surface area (Å²) >= 11 is 0. The van der Waals surface area contributed by atoms with Gasteiger partial charge in [-0.1, -0.05) is 25.1 Å². The van der Waals surface area contributed by atoms with Gasteiger partial charge in [-0.2, -0.15) is 0 Å². The van der Waals surface area contributed by atoms with E-state index >= 15 is 0 Å². The number of carbonyl (C=O) groups is 1. The molecule has 0 N–H and O–H groups in total. The molecule has 0 aliphatic heterocycles. The van der Waals surface area contributed by atoms with Gasteiger partial charge in [0, 0.05) is 6.16 Å². The molecule has 18 heavy (non-hydrogen) atoms. The topological polar surface area (TPSA) is 35.5 Å². The predicted octanol–water partition coefficient (Wildman–Crippen LogP) is 3.64. The Morgan fingerprint density at radius 3 is 2.56 bits per heavy atom. The maximum absolute atomic E-state index is 11.7. The summed E-state index contributed by atoms with van der Waals surface area (Å²) in [6.45, 7) is 6.21. The van der Waals surface area contributed by atoms with E-state index in [9.17, 15) is 4.79 Å². The first-order valence-corrected chi connectivity index (χ1v) is 7.30. The largest absolute Gasteiger partial charge is 0.477 e. The first-order chi connectivity index (χ1) is 8.56. The molecule has 1 aromatic rings. The van der Waals surface area contributed by atoms with Crippen LogP contribution in [0, 0.1) is 5.41 Å². The van der Waals surface area contributed by atoms with E-state index in [2.05, 4.69) is 0 Å². The van der Waals surface area contributed by atoms with Crippen LogP contribution in [0.25, 0.3) is 0 Å². The summed E-state index contributed by atoms with van der Waals surface area (Å²) in [5, 5.41) is 0. The van der Waals surface area contributed by atoms with Crippen molar-refractivity contribution in [1.29, 1.82) is 0 Å². The van der Waals surface area contributed by atoms with E-state index in [0.717, 1.165) is 18.3 Å². The summed E-state index contributed by atoms with van der Waals surface area (Å²) in [6, 6.07) is 9.65. The third-order valence-electron chi connectivity index (χ3n) is 2.81. The van der Waals surface area contributed by atoms with Crippen LogP contribution in [0.4, 0.5) is 0 Å². The van der Waals surface area contributed by atoms with Crippen molar-refractivity contribution in [2.75, 3.05) is 12.8 Å². The Balaban J connectivity index is 2.14. The Kier molecular flexibility index (Phi) is 6.14. The minimum Gasteiger partial charge on any atom is -0.477 e. The van der Waals surface area contributed by atoms with Crippen molar-refractivity contribution in [2.45, 2.75) is 27.2 Å². The van der Waals surface area contributed by atoms with E-state index in [1.54, 1.807) is 0 Å². The summed E-state index contributed by atoms with van der Waals surface area (Å²) in [6.07, 6.45) is 1.52. The fourth-order valence-electron chi connectivity index (χ4n) is 1.15. The molecular formula is C14H21O3P. The molecule has 1 rings (SSSR count). The molecule has 1 unspecified atom stereocenters. The van der Waals surface area contributed by atoms with Crippen LogP contribution in [-0.2, 0) is 9.53 Å². The Hall–Kier alpha value is -1.08. The van der Waals surface area contributed by atoms with Crippen LogP contribution in [0.2, 0.25) is 0 Å². The summed E-state index contributed by atoms with van der Waals surface area (Å²) in [5.74, 6) is 0.727. The molecule has 0 saturated heterocycles. The summed E-state index contributed by atoms with van der Waals surface area (Å²) < 4.78 is 10.8. The fraction of sp³-hybridized carbons (Fsp3) is 0.500. The van der Waals surface area contributed by atoms with Gasteiger partial charge < -0.3 is 9.26 Å². The van der Waals surface area contributed by atoms with Crippen molar-refractivity contribution in [3.63, 3.8) is 0 Å². The molecule has 0 bridgehead atoms. The molecule has 0 aliphatic rings. The highest BCUT2D eigenvalue weighted by molar-refractivity contribution is 7.32. The summed E-state index contributed by atoms with van der Waals surface area (Å²) in [5.41, 5.74) is -0.386. The molecule has 0 aliphatic carbocycles. The number of para-hydroxylation sites is 1. The smallest absolute Gasteiger partial charge is 0.311 e. The van der Waals surface area contributed by atoms with E-state index in [1.165, 1.54) is 0 Å². The number of carbonyl (C=O) groups excluding carboxylic acids is 1. The molecule has 0 fully saturated rings. The Bertz CT molecular complexity index is 363. The van der Waals surface area contributed by atoms with Gasteiger partial charge in [0.1, 0.15) is 5.75 Å². The molecule has 0 radical (unpaired) electrons. The molecule has 4 heteroatoms. The van der Waals surface area contributed by atoms with Crippen LogP contribution in [0.5, 0.6) is 5.75 Å². The molecule has 0 heterocycles. The second-order valence-corrected chi connectivity index (χ2v) is 5.68. The van der Waals surface area contributed by atoms with Crippen molar-refractivity contribution in [3.8, 4) is 5.75 Å². The molecule has 0 spiro atoms. The maximum Gasteiger partial charge on any atom is 0.311 e. The van der Waals surface area contributed by atoms with E-state index in [1.807, 2.05) is 51.1 Å². The number of rotatable bonds is 7. The van der Waals surface area contributed by atoms with Crippen molar-refractivity contribution in [3.05, 3.63) is 30.3 Å². The number of benzene rings is 1. The minimum atomic E-state index is -0.386. The molecule has 0 amide bonds. The fourth-order valence-corrected chi connectivity index (χ4v) is 1.74. The summed E-state index contributed by atoms with van der Waals surface area (Å²) in [4.78, 5) is 11.7. The van der Waals surface area contributed by atoms with Crippen LogP contribution >= 0.6 is 8.81 Å². The Morgan fingerprint density at radius 1 is 1.28 bits per heavy atom. The van der Waals surface area contributed by atoms with Gasteiger partial charge in [0.15, 0.2) is 0 Å². The van der Waals surface area contributed by atoms with Gasteiger partial charge in [-0.15, -0.1) is 0 Å². The molecule has 0 saturated carbocycles. The molecule has 100 valence electrons. The van der Waals surface area contributed by atoms with Gasteiger partial charge in [0.05, 0.1) is 20.8 Å². The second-order valence-electron chi connectivity index (χ2n) is 4.68. The van der Waals surface area contributed by atoms with Gasteiger partial charge in [0.2, 0.25) is 0 Å². The standard InChI is InChI=1S/C14H21O3P/c1-4-14(2,3)13(15)16-10-11-18-17-12-8-6-5-7-9-12/h5-9,18H,4,10-11H2,1-3H3. The first-order valence-electron chi connectivity index (χ1n) is 6.18. The van der Waals surface area contributed by atoms with Crippen LogP contribution < -0.4 is 4.52 Å². The number of hydrogen-bond donors (Lipinski definition) is 0. The van der Waals surface area contributed by atoms with Crippen molar-refractivity contribution < 1.29 is 14.1 Å². The number of hydrogen-bond acceptors (Lipinski definition) is 3. The van der Waals surface area contributed by atoms with E-state index in [0.29, 0.717) is 15.4 Å².